The second kappa shape index (κ2) is 9.73. The number of rotatable bonds is 9. The van der Waals surface area contributed by atoms with Gasteiger partial charge in [0, 0.05) is 39.3 Å². The molecule has 1 aliphatic rings. The number of methoxy groups -OCH3 is 1. The van der Waals surface area contributed by atoms with Crippen LogP contribution in [0.1, 0.15) is 26.2 Å². The van der Waals surface area contributed by atoms with Crippen molar-refractivity contribution in [1.29, 1.82) is 0 Å². The Morgan fingerprint density at radius 1 is 1.22 bits per heavy atom. The zero-order valence-electron chi connectivity index (χ0n) is 12.5. The molecule has 0 saturated carbocycles. The molecule has 1 heterocycles. The first-order valence-electron chi connectivity index (χ1n) is 7.40. The molecular weight excluding hydrogens is 226 g/mol. The number of likely N-dealkylation sites (N-methyl/N-ethyl adjacent to an activating group) is 1. The summed E-state index contributed by atoms with van der Waals surface area (Å²) >= 11 is 0. The van der Waals surface area contributed by atoms with Crippen LogP contribution in [-0.4, -0.2) is 75.9 Å². The number of nitrogens with one attached hydrogen (secondary N) is 1. The van der Waals surface area contributed by atoms with E-state index < -0.39 is 0 Å². The van der Waals surface area contributed by atoms with E-state index in [1.165, 1.54) is 45.4 Å². The summed E-state index contributed by atoms with van der Waals surface area (Å²) < 4.78 is 5.00. The van der Waals surface area contributed by atoms with Gasteiger partial charge in [-0.25, -0.2) is 0 Å². The lowest BCUT2D eigenvalue weighted by atomic mass is 10.1. The molecule has 0 bridgehead atoms. The van der Waals surface area contributed by atoms with Crippen molar-refractivity contribution >= 4 is 0 Å². The summed E-state index contributed by atoms with van der Waals surface area (Å²) in [6.07, 6.45) is 3.85. The van der Waals surface area contributed by atoms with Gasteiger partial charge in [-0.1, -0.05) is 6.92 Å². The summed E-state index contributed by atoms with van der Waals surface area (Å²) in [5.41, 5.74) is 0. The number of ether oxygens (including phenoxy) is 1. The topological polar surface area (TPSA) is 27.7 Å². The van der Waals surface area contributed by atoms with Crippen LogP contribution >= 0.6 is 0 Å². The van der Waals surface area contributed by atoms with Crippen LogP contribution in [0.3, 0.4) is 0 Å². The first-order chi connectivity index (χ1) is 8.77. The van der Waals surface area contributed by atoms with E-state index in [1.54, 1.807) is 7.11 Å². The maximum atomic E-state index is 5.00. The van der Waals surface area contributed by atoms with Gasteiger partial charge in [0.05, 0.1) is 6.61 Å². The first kappa shape index (κ1) is 15.9. The number of hydrogen-bond donors (Lipinski definition) is 1. The summed E-state index contributed by atoms with van der Waals surface area (Å²) in [7, 11) is 4.00. The number of nitrogens with zero attached hydrogens (tertiary/aromatic N) is 2. The second-order valence-electron chi connectivity index (χ2n) is 5.29. The average molecular weight is 257 g/mol. The van der Waals surface area contributed by atoms with E-state index >= 15 is 0 Å². The number of piperazine rings is 1. The van der Waals surface area contributed by atoms with Crippen LogP contribution in [-0.2, 0) is 4.74 Å². The van der Waals surface area contributed by atoms with Gasteiger partial charge in [0.1, 0.15) is 0 Å². The number of hydrogen-bond acceptors (Lipinski definition) is 4. The van der Waals surface area contributed by atoms with Crippen LogP contribution in [0.5, 0.6) is 0 Å². The predicted molar refractivity (Wildman–Crippen MR) is 77.1 cm³/mol. The molecule has 1 rings (SSSR count). The Balaban J connectivity index is 1.99. The van der Waals surface area contributed by atoms with Crippen LogP contribution in [0.15, 0.2) is 0 Å². The van der Waals surface area contributed by atoms with Crippen molar-refractivity contribution in [3.8, 4) is 0 Å². The molecule has 1 fully saturated rings. The maximum Gasteiger partial charge on any atom is 0.0587 e. The molecule has 108 valence electrons. The maximum absolute atomic E-state index is 5.00. The molecule has 1 N–H and O–H groups in total. The van der Waals surface area contributed by atoms with Crippen LogP contribution in [0, 0.1) is 0 Å². The van der Waals surface area contributed by atoms with Crippen molar-refractivity contribution in [2.75, 3.05) is 60.0 Å². The highest BCUT2D eigenvalue weighted by atomic mass is 16.5. The lowest BCUT2D eigenvalue weighted by molar-refractivity contribution is 0.0920. The Bertz CT molecular complexity index is 201. The van der Waals surface area contributed by atoms with Gasteiger partial charge in [-0.3, -0.25) is 0 Å². The van der Waals surface area contributed by atoms with Gasteiger partial charge in [0.25, 0.3) is 0 Å². The molecule has 0 amide bonds. The summed E-state index contributed by atoms with van der Waals surface area (Å²) in [6.45, 7) is 10.2. The SMILES string of the molecule is CCC1CN(CCCCNCCOC)CCN1C. The summed E-state index contributed by atoms with van der Waals surface area (Å²) in [4.78, 5) is 5.13. The normalized spacial score (nSPS) is 22.5. The van der Waals surface area contributed by atoms with Crippen molar-refractivity contribution in [1.82, 2.24) is 15.1 Å². The standard InChI is InChI=1S/C14H31N3O/c1-4-14-13-17(11-10-16(14)2)9-6-5-7-15-8-12-18-3/h14-15H,4-13H2,1-3H3. The van der Waals surface area contributed by atoms with Gasteiger partial charge in [-0.2, -0.15) is 0 Å². The summed E-state index contributed by atoms with van der Waals surface area (Å²) in [6, 6.07) is 0.763. The minimum Gasteiger partial charge on any atom is -0.383 e. The second-order valence-corrected chi connectivity index (χ2v) is 5.29. The predicted octanol–water partition coefficient (Wildman–Crippen LogP) is 1.03. The first-order valence-corrected chi connectivity index (χ1v) is 7.40. The molecule has 0 aromatic carbocycles. The molecule has 0 spiro atoms. The Morgan fingerprint density at radius 2 is 2.06 bits per heavy atom. The average Bonchev–Trinajstić information content (AvgIpc) is 2.39. The van der Waals surface area contributed by atoms with Crippen molar-refractivity contribution in [2.24, 2.45) is 0 Å². The van der Waals surface area contributed by atoms with E-state index in [0.29, 0.717) is 0 Å². The highest BCUT2D eigenvalue weighted by Gasteiger charge is 2.21. The van der Waals surface area contributed by atoms with Crippen LogP contribution in [0.25, 0.3) is 0 Å². The van der Waals surface area contributed by atoms with Crippen LogP contribution in [0.4, 0.5) is 0 Å². The zero-order chi connectivity index (χ0) is 13.2. The van der Waals surface area contributed by atoms with E-state index in [1.807, 2.05) is 0 Å². The molecule has 1 unspecified atom stereocenters. The molecule has 4 heteroatoms. The highest BCUT2D eigenvalue weighted by molar-refractivity contribution is 4.78. The third-order valence-corrected chi connectivity index (χ3v) is 3.89. The largest absolute Gasteiger partial charge is 0.383 e. The summed E-state index contributed by atoms with van der Waals surface area (Å²) in [5.74, 6) is 0. The minimum atomic E-state index is 0.763. The van der Waals surface area contributed by atoms with Gasteiger partial charge in [0.15, 0.2) is 0 Å². The number of unbranched alkanes of at least 4 members (excludes halogenated alkanes) is 1. The third-order valence-electron chi connectivity index (χ3n) is 3.89. The Labute approximate surface area is 113 Å². The van der Waals surface area contributed by atoms with Gasteiger partial charge in [-0.15, -0.1) is 0 Å². The molecule has 1 aliphatic heterocycles. The lowest BCUT2D eigenvalue weighted by Crippen LogP contribution is -2.51. The van der Waals surface area contributed by atoms with Gasteiger partial charge >= 0.3 is 0 Å². The van der Waals surface area contributed by atoms with Gasteiger partial charge in [0.2, 0.25) is 0 Å². The molecule has 1 saturated heterocycles. The van der Waals surface area contributed by atoms with Crippen LogP contribution < -0.4 is 5.32 Å². The van der Waals surface area contributed by atoms with E-state index in [-0.39, 0.29) is 0 Å². The van der Waals surface area contributed by atoms with Crippen molar-refractivity contribution in [3.63, 3.8) is 0 Å². The van der Waals surface area contributed by atoms with Gasteiger partial charge < -0.3 is 19.9 Å². The molecule has 0 aromatic heterocycles. The molecule has 4 nitrogen and oxygen atoms in total. The van der Waals surface area contributed by atoms with Gasteiger partial charge in [-0.05, 0) is 39.4 Å². The van der Waals surface area contributed by atoms with Crippen molar-refractivity contribution in [3.05, 3.63) is 0 Å². The monoisotopic (exact) mass is 257 g/mol. The fraction of sp³-hybridized carbons (Fsp3) is 1.00. The highest BCUT2D eigenvalue weighted by Crippen LogP contribution is 2.11. The lowest BCUT2D eigenvalue weighted by Gasteiger charge is -2.39. The van der Waals surface area contributed by atoms with Crippen LogP contribution in [0.2, 0.25) is 0 Å². The third kappa shape index (κ3) is 6.14. The molecule has 1 atom stereocenters. The molecule has 0 aromatic rings. The Hall–Kier alpha value is -0.160. The fourth-order valence-corrected chi connectivity index (χ4v) is 2.54. The molecule has 18 heavy (non-hydrogen) atoms. The van der Waals surface area contributed by atoms with Crippen molar-refractivity contribution in [2.45, 2.75) is 32.2 Å². The molecule has 0 radical (unpaired) electrons. The molecular formula is C14H31N3O. The Kier molecular flexibility index (Phi) is 8.59. The Morgan fingerprint density at radius 3 is 2.78 bits per heavy atom. The smallest absolute Gasteiger partial charge is 0.0587 e. The minimum absolute atomic E-state index is 0.763. The zero-order valence-corrected chi connectivity index (χ0v) is 12.5. The van der Waals surface area contributed by atoms with E-state index in [2.05, 4.69) is 29.1 Å². The van der Waals surface area contributed by atoms with E-state index in [0.717, 1.165) is 25.7 Å². The van der Waals surface area contributed by atoms with E-state index in [4.69, 9.17) is 4.74 Å². The van der Waals surface area contributed by atoms with Crippen molar-refractivity contribution < 1.29 is 4.74 Å². The quantitative estimate of drug-likeness (QED) is 0.624. The fourth-order valence-electron chi connectivity index (χ4n) is 2.54. The molecule has 0 aliphatic carbocycles. The summed E-state index contributed by atoms with van der Waals surface area (Å²) in [5, 5.41) is 3.40. The van der Waals surface area contributed by atoms with E-state index in [9.17, 15) is 0 Å².